The summed E-state index contributed by atoms with van der Waals surface area (Å²) in [6.45, 7) is 22.1. The average molecular weight is 807 g/mol. The normalized spacial score (nSPS) is 22.5. The van der Waals surface area contributed by atoms with Crippen LogP contribution < -0.4 is 14.4 Å². The topological polar surface area (TPSA) is 101 Å². The molecule has 0 aromatic heterocycles. The molecule has 1 atom stereocenters. The van der Waals surface area contributed by atoms with Gasteiger partial charge in [0.15, 0.2) is 0 Å². The number of rotatable bonds is 7. The maximum atomic E-state index is 15.1. The van der Waals surface area contributed by atoms with E-state index < -0.39 is 11.2 Å². The number of amides is 3. The predicted octanol–water partition coefficient (Wildman–Crippen LogP) is 9.27. The maximum absolute atomic E-state index is 15.1. The van der Waals surface area contributed by atoms with Crippen molar-refractivity contribution in [1.82, 2.24) is 14.7 Å². The Bertz CT molecular complexity index is 1760. The number of carbonyl (C=O) groups excluding carboxylic acids is 3. The average Bonchev–Trinajstić information content (AvgIpc) is 3.63. The molecule has 4 fully saturated rings. The molecule has 11 nitrogen and oxygen atoms in total. The number of piperazine rings is 1. The van der Waals surface area contributed by atoms with Crippen LogP contribution in [-0.4, -0.2) is 109 Å². The van der Waals surface area contributed by atoms with Gasteiger partial charge in [-0.15, -0.1) is 0 Å². The van der Waals surface area contributed by atoms with E-state index in [1.807, 2.05) is 63.5 Å². The van der Waals surface area contributed by atoms with Crippen LogP contribution in [-0.2, 0) is 9.47 Å². The number of halogens is 1. The van der Waals surface area contributed by atoms with Gasteiger partial charge in [-0.25, -0.2) is 14.0 Å². The number of nitrogens with zero attached hydrogens (tertiary/aromatic N) is 4. The van der Waals surface area contributed by atoms with Crippen LogP contribution >= 0.6 is 0 Å². The molecular formula is C46H67FN4O7. The molecule has 2 aromatic rings. The molecule has 1 saturated carbocycles. The Balaban J connectivity index is 1.07. The number of hydrogen-bond donors (Lipinski definition) is 0. The lowest BCUT2D eigenvalue weighted by Crippen LogP contribution is -2.50. The summed E-state index contributed by atoms with van der Waals surface area (Å²) in [6.07, 6.45) is 5.47. The van der Waals surface area contributed by atoms with Crippen molar-refractivity contribution >= 4 is 23.8 Å². The summed E-state index contributed by atoms with van der Waals surface area (Å²) in [5, 5.41) is 0. The smallest absolute Gasteiger partial charge is 0.410 e. The summed E-state index contributed by atoms with van der Waals surface area (Å²) >= 11 is 0. The van der Waals surface area contributed by atoms with Gasteiger partial charge in [0.1, 0.15) is 40.7 Å². The van der Waals surface area contributed by atoms with E-state index in [0.717, 1.165) is 43.4 Å². The third-order valence-electron chi connectivity index (χ3n) is 12.0. The number of benzene rings is 2. The minimum absolute atomic E-state index is 0.00110. The van der Waals surface area contributed by atoms with Crippen LogP contribution in [0.25, 0.3) is 0 Å². The van der Waals surface area contributed by atoms with Crippen molar-refractivity contribution in [2.45, 2.75) is 137 Å². The first kappa shape index (κ1) is 43.4. The summed E-state index contributed by atoms with van der Waals surface area (Å²) in [5.41, 5.74) is 1.33. The molecule has 2 aromatic carbocycles. The molecule has 4 aliphatic rings. The van der Waals surface area contributed by atoms with Crippen molar-refractivity contribution < 1.29 is 37.7 Å². The molecule has 0 bridgehead atoms. The fraction of sp³-hybridized carbons (Fsp3) is 0.674. The Morgan fingerprint density at radius 3 is 1.81 bits per heavy atom. The predicted molar refractivity (Wildman–Crippen MR) is 223 cm³/mol. The molecule has 58 heavy (non-hydrogen) atoms. The standard InChI is InChI=1S/C46H67FN4O7/c1-44(2,3)33-13-10-31(11-14-33)37-28-32(12-17-40(37)56-36-20-23-51(30-36)43(54)58-46(7,8)9)41(52)49-21-18-34(19-22-49)55-35-15-16-38(47)39(29-35)48-24-26-50(27-25-48)42(53)57-45(4,5)6/h12,15-17,28-29,31,33-34,36H,10-11,13-14,18-27,30H2,1-9H3/t31-,33-,36-/m0/s1. The summed E-state index contributed by atoms with van der Waals surface area (Å²) in [6, 6.07) is 10.8. The number of piperidine rings is 1. The van der Waals surface area contributed by atoms with Crippen LogP contribution in [0, 0.1) is 17.2 Å². The van der Waals surface area contributed by atoms with Gasteiger partial charge in [-0.2, -0.15) is 0 Å². The zero-order valence-corrected chi connectivity index (χ0v) is 36.4. The zero-order valence-electron chi connectivity index (χ0n) is 36.4. The Kier molecular flexibility index (Phi) is 13.1. The van der Waals surface area contributed by atoms with E-state index in [1.165, 1.54) is 6.07 Å². The Labute approximate surface area is 345 Å². The summed E-state index contributed by atoms with van der Waals surface area (Å²) < 4.78 is 39.2. The molecule has 3 aliphatic heterocycles. The van der Waals surface area contributed by atoms with E-state index >= 15 is 4.39 Å². The fourth-order valence-corrected chi connectivity index (χ4v) is 8.69. The molecule has 0 N–H and O–H groups in total. The molecule has 0 spiro atoms. The largest absolute Gasteiger partial charge is 0.490 e. The van der Waals surface area contributed by atoms with Gasteiger partial charge < -0.3 is 38.5 Å². The Morgan fingerprint density at radius 2 is 1.21 bits per heavy atom. The summed E-state index contributed by atoms with van der Waals surface area (Å²) in [4.78, 5) is 46.6. The molecule has 3 amide bonds. The van der Waals surface area contributed by atoms with E-state index in [9.17, 15) is 14.4 Å². The first-order valence-corrected chi connectivity index (χ1v) is 21.5. The highest BCUT2D eigenvalue weighted by Crippen LogP contribution is 2.46. The van der Waals surface area contributed by atoms with Crippen LogP contribution in [0.1, 0.15) is 129 Å². The van der Waals surface area contributed by atoms with Gasteiger partial charge in [-0.05, 0) is 120 Å². The third kappa shape index (κ3) is 11.3. The first-order valence-electron chi connectivity index (χ1n) is 21.5. The molecule has 1 aliphatic carbocycles. The lowest BCUT2D eigenvalue weighted by molar-refractivity contribution is 0.0237. The van der Waals surface area contributed by atoms with Crippen molar-refractivity contribution in [3.8, 4) is 11.5 Å². The summed E-state index contributed by atoms with van der Waals surface area (Å²) in [5.74, 6) is 2.01. The highest BCUT2D eigenvalue weighted by molar-refractivity contribution is 5.94. The highest BCUT2D eigenvalue weighted by atomic mass is 19.1. The van der Waals surface area contributed by atoms with Crippen molar-refractivity contribution in [2.24, 2.45) is 11.3 Å². The van der Waals surface area contributed by atoms with Crippen molar-refractivity contribution in [3.63, 3.8) is 0 Å². The zero-order chi connectivity index (χ0) is 42.0. The second-order valence-electron chi connectivity index (χ2n) is 19.8. The number of carbonyl (C=O) groups is 3. The van der Waals surface area contributed by atoms with E-state index in [1.54, 1.807) is 21.9 Å². The number of hydrogen-bond acceptors (Lipinski definition) is 8. The molecule has 0 unspecified atom stereocenters. The molecule has 6 rings (SSSR count). The summed E-state index contributed by atoms with van der Waals surface area (Å²) in [7, 11) is 0. The number of anilines is 1. The number of likely N-dealkylation sites (tertiary alicyclic amines) is 2. The monoisotopic (exact) mass is 806 g/mol. The van der Waals surface area contributed by atoms with Gasteiger partial charge in [0.25, 0.3) is 5.91 Å². The van der Waals surface area contributed by atoms with Gasteiger partial charge in [0.05, 0.1) is 12.2 Å². The van der Waals surface area contributed by atoms with Crippen LogP contribution in [0.3, 0.4) is 0 Å². The van der Waals surface area contributed by atoms with E-state index in [4.69, 9.17) is 18.9 Å². The van der Waals surface area contributed by atoms with E-state index in [0.29, 0.717) is 94.0 Å². The van der Waals surface area contributed by atoms with Gasteiger partial charge in [0, 0.05) is 76.7 Å². The Hall–Kier alpha value is -4.22. The second kappa shape index (κ2) is 17.6. The van der Waals surface area contributed by atoms with Gasteiger partial charge in [-0.3, -0.25) is 4.79 Å². The van der Waals surface area contributed by atoms with E-state index in [2.05, 4.69) is 26.8 Å². The minimum Gasteiger partial charge on any atom is -0.490 e. The van der Waals surface area contributed by atoms with Crippen molar-refractivity contribution in [1.29, 1.82) is 0 Å². The molecule has 0 radical (unpaired) electrons. The van der Waals surface area contributed by atoms with Crippen LogP contribution in [0.2, 0.25) is 0 Å². The number of ether oxygens (including phenoxy) is 4. The fourth-order valence-electron chi connectivity index (χ4n) is 8.69. The molecular weight excluding hydrogens is 740 g/mol. The van der Waals surface area contributed by atoms with Crippen LogP contribution in [0.5, 0.6) is 11.5 Å². The third-order valence-corrected chi connectivity index (χ3v) is 12.0. The van der Waals surface area contributed by atoms with Gasteiger partial charge >= 0.3 is 12.2 Å². The minimum atomic E-state index is -0.572. The van der Waals surface area contributed by atoms with Crippen LogP contribution in [0.15, 0.2) is 36.4 Å². The molecule has 3 heterocycles. The van der Waals surface area contributed by atoms with Gasteiger partial charge in [0.2, 0.25) is 0 Å². The van der Waals surface area contributed by atoms with Crippen molar-refractivity contribution in [3.05, 3.63) is 53.3 Å². The van der Waals surface area contributed by atoms with Gasteiger partial charge in [-0.1, -0.05) is 20.8 Å². The highest BCUT2D eigenvalue weighted by Gasteiger charge is 2.35. The lowest BCUT2D eigenvalue weighted by atomic mass is 9.68. The first-order chi connectivity index (χ1) is 27.2. The molecule has 3 saturated heterocycles. The molecule has 12 heteroatoms. The SMILES string of the molecule is CC(C)(C)OC(=O)N1CCN(c2cc(OC3CCN(C(=O)c4ccc(O[C@H]5CCN(C(=O)OC(C)(C)C)C5)c([C@H]5CC[C@H](C(C)(C)C)CC5)c4)CC3)ccc2F)CC1. The Morgan fingerprint density at radius 1 is 0.621 bits per heavy atom. The van der Waals surface area contributed by atoms with E-state index in [-0.39, 0.29) is 41.5 Å². The lowest BCUT2D eigenvalue weighted by Gasteiger charge is -2.37. The second-order valence-corrected chi connectivity index (χ2v) is 19.8. The van der Waals surface area contributed by atoms with Crippen molar-refractivity contribution in [2.75, 3.05) is 57.3 Å². The van der Waals surface area contributed by atoms with Crippen LogP contribution in [0.4, 0.5) is 19.7 Å². The quantitative estimate of drug-likeness (QED) is 0.273. The molecule has 320 valence electrons. The maximum Gasteiger partial charge on any atom is 0.410 e.